The minimum atomic E-state index is -0.0952. The largest absolute Gasteiger partial charge is 0.325 e. The maximum atomic E-state index is 11.9. The number of nitrogens with zero attached hydrogens (tertiary/aromatic N) is 1. The molecule has 0 heterocycles. The summed E-state index contributed by atoms with van der Waals surface area (Å²) in [5, 5.41) is 11.9. The number of carbonyl (C=O) groups is 1. The van der Waals surface area contributed by atoms with Crippen molar-refractivity contribution in [2.75, 3.05) is 5.32 Å². The third-order valence-electron chi connectivity index (χ3n) is 3.13. The second-order valence-corrected chi connectivity index (χ2v) is 5.25. The zero-order chi connectivity index (χ0) is 15.2. The summed E-state index contributed by atoms with van der Waals surface area (Å²) in [4.78, 5) is 11.9. The van der Waals surface area contributed by atoms with Crippen molar-refractivity contribution in [3.05, 3.63) is 64.2 Å². The molecule has 0 atom stereocenters. The molecule has 2 aromatic carbocycles. The first-order chi connectivity index (χ1) is 10.1. The third kappa shape index (κ3) is 4.34. The molecule has 0 radical (unpaired) electrons. The summed E-state index contributed by atoms with van der Waals surface area (Å²) in [5.74, 6) is -0.0952. The number of amides is 1. The van der Waals surface area contributed by atoms with Crippen molar-refractivity contribution in [3.63, 3.8) is 0 Å². The van der Waals surface area contributed by atoms with Gasteiger partial charge in [-0.15, -0.1) is 0 Å². The van der Waals surface area contributed by atoms with Crippen LogP contribution in [0.3, 0.4) is 0 Å². The van der Waals surface area contributed by atoms with E-state index in [1.54, 1.807) is 12.1 Å². The second kappa shape index (κ2) is 6.92. The first kappa shape index (κ1) is 15.1. The highest BCUT2D eigenvalue weighted by molar-refractivity contribution is 6.33. The maximum Gasteiger partial charge on any atom is 0.224 e. The van der Waals surface area contributed by atoms with Crippen molar-refractivity contribution in [1.29, 1.82) is 5.26 Å². The number of rotatable bonds is 4. The topological polar surface area (TPSA) is 52.9 Å². The van der Waals surface area contributed by atoms with Gasteiger partial charge in [-0.2, -0.15) is 5.26 Å². The van der Waals surface area contributed by atoms with Crippen LogP contribution >= 0.6 is 11.6 Å². The standard InChI is InChI=1S/C17H15ClN2O/c1-12-2-4-13(5-3-12)7-9-17(21)20-16-8-6-14(11-19)10-15(16)18/h2-6,8,10H,7,9H2,1H3,(H,20,21). The molecule has 0 unspecified atom stereocenters. The van der Waals surface area contributed by atoms with Crippen LogP contribution in [0, 0.1) is 18.3 Å². The van der Waals surface area contributed by atoms with Crippen LogP contribution in [-0.2, 0) is 11.2 Å². The monoisotopic (exact) mass is 298 g/mol. The van der Waals surface area contributed by atoms with Gasteiger partial charge >= 0.3 is 0 Å². The van der Waals surface area contributed by atoms with Gasteiger partial charge in [-0.05, 0) is 37.1 Å². The van der Waals surface area contributed by atoms with Gasteiger partial charge in [0.25, 0.3) is 0 Å². The number of nitrogens with one attached hydrogen (secondary N) is 1. The Morgan fingerprint density at radius 2 is 1.95 bits per heavy atom. The van der Waals surface area contributed by atoms with E-state index >= 15 is 0 Å². The zero-order valence-corrected chi connectivity index (χ0v) is 12.4. The van der Waals surface area contributed by atoms with Crippen LogP contribution in [0.15, 0.2) is 42.5 Å². The summed E-state index contributed by atoms with van der Waals surface area (Å²) in [7, 11) is 0. The van der Waals surface area contributed by atoms with Gasteiger partial charge in [0.05, 0.1) is 22.3 Å². The number of aryl methyl sites for hydroxylation is 2. The van der Waals surface area contributed by atoms with Crippen LogP contribution in [-0.4, -0.2) is 5.91 Å². The van der Waals surface area contributed by atoms with Crippen LogP contribution in [0.2, 0.25) is 5.02 Å². The number of hydrogen-bond acceptors (Lipinski definition) is 2. The summed E-state index contributed by atoms with van der Waals surface area (Å²) in [6.07, 6.45) is 1.07. The second-order valence-electron chi connectivity index (χ2n) is 4.84. The molecule has 0 aliphatic heterocycles. The van der Waals surface area contributed by atoms with E-state index in [1.165, 1.54) is 11.6 Å². The van der Waals surface area contributed by atoms with E-state index in [4.69, 9.17) is 16.9 Å². The molecule has 4 heteroatoms. The van der Waals surface area contributed by atoms with Crippen LogP contribution in [0.5, 0.6) is 0 Å². The molecule has 0 bridgehead atoms. The number of anilines is 1. The molecule has 0 aromatic heterocycles. The number of halogens is 1. The van der Waals surface area contributed by atoms with Crippen LogP contribution < -0.4 is 5.32 Å². The Hall–Kier alpha value is -2.31. The molecule has 1 amide bonds. The fraction of sp³-hybridized carbons (Fsp3) is 0.176. The molecule has 3 nitrogen and oxygen atoms in total. The third-order valence-corrected chi connectivity index (χ3v) is 3.45. The first-order valence-corrected chi connectivity index (χ1v) is 7.01. The Morgan fingerprint density at radius 1 is 1.24 bits per heavy atom. The number of carbonyl (C=O) groups excluding carboxylic acids is 1. The smallest absolute Gasteiger partial charge is 0.224 e. The lowest BCUT2D eigenvalue weighted by atomic mass is 10.1. The molecular formula is C17H15ClN2O. The molecule has 0 aliphatic carbocycles. The van der Waals surface area contributed by atoms with Crippen LogP contribution in [0.1, 0.15) is 23.1 Å². The molecule has 1 N–H and O–H groups in total. The number of benzene rings is 2. The van der Waals surface area contributed by atoms with Gasteiger partial charge in [-0.1, -0.05) is 41.4 Å². The highest BCUT2D eigenvalue weighted by Gasteiger charge is 2.07. The van der Waals surface area contributed by atoms with Crippen molar-refractivity contribution in [3.8, 4) is 6.07 Å². The average molecular weight is 299 g/mol. The summed E-state index contributed by atoms with van der Waals surface area (Å²) in [5.41, 5.74) is 3.33. The predicted octanol–water partition coefficient (Wildman–Crippen LogP) is 4.09. The van der Waals surface area contributed by atoms with Crippen molar-refractivity contribution < 1.29 is 4.79 Å². The lowest BCUT2D eigenvalue weighted by Crippen LogP contribution is -2.12. The van der Waals surface area contributed by atoms with E-state index < -0.39 is 0 Å². The molecular weight excluding hydrogens is 284 g/mol. The fourth-order valence-corrected chi connectivity index (χ4v) is 2.14. The summed E-state index contributed by atoms with van der Waals surface area (Å²) in [6, 6.07) is 14.9. The highest BCUT2D eigenvalue weighted by Crippen LogP contribution is 2.23. The Labute approximate surface area is 129 Å². The normalized spacial score (nSPS) is 9.95. The lowest BCUT2D eigenvalue weighted by Gasteiger charge is -2.07. The first-order valence-electron chi connectivity index (χ1n) is 6.63. The highest BCUT2D eigenvalue weighted by atomic mass is 35.5. The van der Waals surface area contributed by atoms with E-state index in [9.17, 15) is 4.79 Å². The molecule has 0 spiro atoms. The van der Waals surface area contributed by atoms with Gasteiger partial charge in [0.1, 0.15) is 0 Å². The average Bonchev–Trinajstić information content (AvgIpc) is 2.48. The molecule has 106 valence electrons. The molecule has 0 saturated heterocycles. The molecule has 21 heavy (non-hydrogen) atoms. The SMILES string of the molecule is Cc1ccc(CCC(=O)Nc2ccc(C#N)cc2Cl)cc1. The molecule has 0 saturated carbocycles. The van der Waals surface area contributed by atoms with E-state index in [2.05, 4.69) is 5.32 Å². The van der Waals surface area contributed by atoms with Crippen molar-refractivity contribution in [2.24, 2.45) is 0 Å². The summed E-state index contributed by atoms with van der Waals surface area (Å²) in [6.45, 7) is 2.03. The Balaban J connectivity index is 1.93. The summed E-state index contributed by atoms with van der Waals surface area (Å²) >= 11 is 6.02. The van der Waals surface area contributed by atoms with Crippen molar-refractivity contribution in [2.45, 2.75) is 19.8 Å². The van der Waals surface area contributed by atoms with Crippen LogP contribution in [0.25, 0.3) is 0 Å². The lowest BCUT2D eigenvalue weighted by molar-refractivity contribution is -0.116. The van der Waals surface area contributed by atoms with Crippen molar-refractivity contribution in [1.82, 2.24) is 0 Å². The van der Waals surface area contributed by atoms with E-state index in [0.717, 1.165) is 5.56 Å². The Bertz CT molecular complexity index is 687. The molecule has 2 aromatic rings. The van der Waals surface area contributed by atoms with Gasteiger partial charge in [-0.3, -0.25) is 4.79 Å². The van der Waals surface area contributed by atoms with E-state index in [-0.39, 0.29) is 5.91 Å². The molecule has 0 aliphatic rings. The van der Waals surface area contributed by atoms with Gasteiger partial charge in [-0.25, -0.2) is 0 Å². The quantitative estimate of drug-likeness (QED) is 0.924. The molecule has 2 rings (SSSR count). The van der Waals surface area contributed by atoms with Gasteiger partial charge in [0.2, 0.25) is 5.91 Å². The fourth-order valence-electron chi connectivity index (χ4n) is 1.91. The maximum absolute atomic E-state index is 11.9. The van der Waals surface area contributed by atoms with Gasteiger partial charge in [0.15, 0.2) is 0 Å². The number of nitriles is 1. The summed E-state index contributed by atoms with van der Waals surface area (Å²) < 4.78 is 0. The molecule has 0 fully saturated rings. The zero-order valence-electron chi connectivity index (χ0n) is 11.7. The number of hydrogen-bond donors (Lipinski definition) is 1. The van der Waals surface area contributed by atoms with Gasteiger partial charge < -0.3 is 5.32 Å². The van der Waals surface area contributed by atoms with Crippen LogP contribution in [0.4, 0.5) is 5.69 Å². The van der Waals surface area contributed by atoms with Gasteiger partial charge in [0, 0.05) is 6.42 Å². The van der Waals surface area contributed by atoms with E-state index in [0.29, 0.717) is 29.1 Å². The minimum absolute atomic E-state index is 0.0952. The Kier molecular flexibility index (Phi) is 4.97. The van der Waals surface area contributed by atoms with Crippen molar-refractivity contribution >= 4 is 23.2 Å². The predicted molar refractivity (Wildman–Crippen MR) is 84.3 cm³/mol. The van der Waals surface area contributed by atoms with E-state index in [1.807, 2.05) is 37.3 Å². The Morgan fingerprint density at radius 3 is 2.57 bits per heavy atom. The minimum Gasteiger partial charge on any atom is -0.325 e.